The Morgan fingerprint density at radius 2 is 1.63 bits per heavy atom. The third kappa shape index (κ3) is 3.74. The Balaban J connectivity index is 1.63. The number of aromatic nitrogens is 5. The average Bonchev–Trinajstić information content (AvgIpc) is 3.29. The lowest BCUT2D eigenvalue weighted by Crippen LogP contribution is -2.25. The SMILES string of the molecule is Cc1ccccc1-n1c(Cn2nc(-c3ccccc3CN)c3c(N)ncnc32)cc2cccc(C)c2c1=O. The highest BCUT2D eigenvalue weighted by molar-refractivity contribution is 5.99. The van der Waals surface area contributed by atoms with Gasteiger partial charge in [-0.2, -0.15) is 5.10 Å². The maximum atomic E-state index is 14.0. The molecule has 3 aromatic heterocycles. The highest BCUT2D eigenvalue weighted by Gasteiger charge is 2.21. The maximum Gasteiger partial charge on any atom is 0.263 e. The molecule has 0 bridgehead atoms. The zero-order valence-corrected chi connectivity index (χ0v) is 21.2. The molecule has 8 heteroatoms. The number of hydrogen-bond donors (Lipinski definition) is 2. The van der Waals surface area contributed by atoms with Crippen LogP contribution >= 0.6 is 0 Å². The predicted molar refractivity (Wildman–Crippen MR) is 151 cm³/mol. The smallest absolute Gasteiger partial charge is 0.263 e. The first kappa shape index (κ1) is 23.6. The van der Waals surface area contributed by atoms with Crippen molar-refractivity contribution in [1.82, 2.24) is 24.3 Å². The van der Waals surface area contributed by atoms with E-state index >= 15 is 0 Å². The molecule has 6 aromatic rings. The van der Waals surface area contributed by atoms with Gasteiger partial charge in [0.05, 0.1) is 23.0 Å². The Morgan fingerprint density at radius 1 is 0.868 bits per heavy atom. The monoisotopic (exact) mass is 501 g/mol. The number of benzene rings is 3. The summed E-state index contributed by atoms with van der Waals surface area (Å²) in [6.07, 6.45) is 1.44. The lowest BCUT2D eigenvalue weighted by Gasteiger charge is -2.17. The summed E-state index contributed by atoms with van der Waals surface area (Å²) in [5, 5.41) is 7.22. The number of nitrogens with two attached hydrogens (primary N) is 2. The lowest BCUT2D eigenvalue weighted by molar-refractivity contribution is 0.671. The van der Waals surface area contributed by atoms with Crippen LogP contribution < -0.4 is 17.0 Å². The first-order valence-corrected chi connectivity index (χ1v) is 12.4. The van der Waals surface area contributed by atoms with Gasteiger partial charge in [0.1, 0.15) is 17.8 Å². The van der Waals surface area contributed by atoms with Gasteiger partial charge in [-0.05, 0) is 48.1 Å². The van der Waals surface area contributed by atoms with Crippen LogP contribution in [0.15, 0.2) is 83.9 Å². The summed E-state index contributed by atoms with van der Waals surface area (Å²) in [4.78, 5) is 22.8. The molecule has 0 atom stereocenters. The van der Waals surface area contributed by atoms with Gasteiger partial charge in [-0.3, -0.25) is 9.36 Å². The van der Waals surface area contributed by atoms with Crippen molar-refractivity contribution in [3.8, 4) is 16.9 Å². The zero-order chi connectivity index (χ0) is 26.4. The first-order chi connectivity index (χ1) is 18.5. The molecular formula is C30H27N7O. The third-order valence-corrected chi connectivity index (χ3v) is 7.05. The zero-order valence-electron chi connectivity index (χ0n) is 21.2. The molecule has 0 saturated carbocycles. The van der Waals surface area contributed by atoms with E-state index in [9.17, 15) is 4.79 Å². The van der Waals surface area contributed by atoms with Gasteiger partial charge in [0, 0.05) is 17.8 Å². The van der Waals surface area contributed by atoms with Gasteiger partial charge in [0.25, 0.3) is 5.56 Å². The number of anilines is 1. The summed E-state index contributed by atoms with van der Waals surface area (Å²) >= 11 is 0. The Morgan fingerprint density at radius 3 is 2.45 bits per heavy atom. The van der Waals surface area contributed by atoms with E-state index in [1.165, 1.54) is 6.33 Å². The fourth-order valence-electron chi connectivity index (χ4n) is 5.20. The minimum absolute atomic E-state index is 0.0656. The van der Waals surface area contributed by atoms with E-state index in [0.29, 0.717) is 41.0 Å². The van der Waals surface area contributed by atoms with Gasteiger partial charge >= 0.3 is 0 Å². The van der Waals surface area contributed by atoms with Crippen molar-refractivity contribution in [2.75, 3.05) is 5.73 Å². The standard InChI is InChI=1S/C30H27N7O/c1-18-8-3-6-13-24(18)37-22(14-20-11-7-9-19(2)25(20)30(37)38)16-36-29-26(28(32)33-17-34-29)27(35-36)23-12-5-4-10-21(23)15-31/h3-14,17H,15-16,31H2,1-2H3,(H2,32,33,34). The molecule has 3 heterocycles. The number of pyridine rings is 1. The molecule has 188 valence electrons. The second kappa shape index (κ2) is 9.24. The summed E-state index contributed by atoms with van der Waals surface area (Å²) in [5.74, 6) is 0.341. The normalized spacial score (nSPS) is 11.4. The second-order valence-electron chi connectivity index (χ2n) is 9.43. The predicted octanol–water partition coefficient (Wildman–Crippen LogP) is 4.50. The fourth-order valence-corrected chi connectivity index (χ4v) is 5.20. The van der Waals surface area contributed by atoms with Crippen molar-refractivity contribution in [2.45, 2.75) is 26.9 Å². The van der Waals surface area contributed by atoms with E-state index < -0.39 is 0 Å². The van der Waals surface area contributed by atoms with E-state index in [4.69, 9.17) is 16.6 Å². The fraction of sp³-hybridized carbons (Fsp3) is 0.133. The molecule has 0 spiro atoms. The van der Waals surface area contributed by atoms with E-state index in [0.717, 1.165) is 39.0 Å². The minimum atomic E-state index is -0.0656. The van der Waals surface area contributed by atoms with Gasteiger partial charge in [0.2, 0.25) is 0 Å². The van der Waals surface area contributed by atoms with Crippen molar-refractivity contribution in [3.63, 3.8) is 0 Å². The second-order valence-corrected chi connectivity index (χ2v) is 9.43. The van der Waals surface area contributed by atoms with Gasteiger partial charge < -0.3 is 11.5 Å². The topological polar surface area (TPSA) is 118 Å². The molecular weight excluding hydrogens is 474 g/mol. The van der Waals surface area contributed by atoms with E-state index in [2.05, 4.69) is 16.0 Å². The Bertz CT molecular complexity index is 1900. The van der Waals surface area contributed by atoms with E-state index in [1.807, 2.05) is 80.6 Å². The number of fused-ring (bicyclic) bond motifs is 2. The molecule has 0 unspecified atom stereocenters. The van der Waals surface area contributed by atoms with Crippen LogP contribution in [-0.4, -0.2) is 24.3 Å². The molecule has 0 amide bonds. The van der Waals surface area contributed by atoms with Crippen LogP contribution in [0.2, 0.25) is 0 Å². The summed E-state index contributed by atoms with van der Waals surface area (Å²) in [5.41, 5.74) is 19.0. The Labute approximate surface area is 219 Å². The average molecular weight is 502 g/mol. The van der Waals surface area contributed by atoms with Crippen molar-refractivity contribution in [3.05, 3.63) is 112 Å². The van der Waals surface area contributed by atoms with Crippen LogP contribution in [0, 0.1) is 13.8 Å². The largest absolute Gasteiger partial charge is 0.383 e. The number of hydrogen-bond acceptors (Lipinski definition) is 6. The van der Waals surface area contributed by atoms with Crippen molar-refractivity contribution < 1.29 is 0 Å². The van der Waals surface area contributed by atoms with Crippen LogP contribution in [0.4, 0.5) is 5.82 Å². The summed E-state index contributed by atoms with van der Waals surface area (Å²) in [6, 6.07) is 23.7. The van der Waals surface area contributed by atoms with E-state index in [1.54, 1.807) is 9.25 Å². The first-order valence-electron chi connectivity index (χ1n) is 12.4. The van der Waals surface area contributed by atoms with E-state index in [-0.39, 0.29) is 5.56 Å². The molecule has 0 fully saturated rings. The number of para-hydroxylation sites is 1. The Hall–Kier alpha value is -4.82. The summed E-state index contributed by atoms with van der Waals surface area (Å²) < 4.78 is 3.58. The van der Waals surface area contributed by atoms with Crippen LogP contribution in [-0.2, 0) is 13.1 Å². The molecule has 0 aliphatic carbocycles. The molecule has 4 N–H and O–H groups in total. The molecule has 3 aromatic carbocycles. The summed E-state index contributed by atoms with van der Waals surface area (Å²) in [6.45, 7) is 4.63. The quantitative estimate of drug-likeness (QED) is 0.359. The molecule has 8 nitrogen and oxygen atoms in total. The maximum absolute atomic E-state index is 14.0. The number of aryl methyl sites for hydroxylation is 2. The molecule has 0 aliphatic heterocycles. The van der Waals surface area contributed by atoms with Crippen LogP contribution in [0.3, 0.4) is 0 Å². The number of nitrogens with zero attached hydrogens (tertiary/aromatic N) is 5. The third-order valence-electron chi connectivity index (χ3n) is 7.05. The molecule has 0 saturated heterocycles. The van der Waals surface area contributed by atoms with Gasteiger partial charge in [-0.15, -0.1) is 0 Å². The summed E-state index contributed by atoms with van der Waals surface area (Å²) in [7, 11) is 0. The number of nitrogen functional groups attached to an aromatic ring is 1. The number of rotatable bonds is 5. The van der Waals surface area contributed by atoms with Crippen LogP contribution in [0.5, 0.6) is 0 Å². The van der Waals surface area contributed by atoms with Gasteiger partial charge in [-0.25, -0.2) is 14.6 Å². The van der Waals surface area contributed by atoms with Crippen molar-refractivity contribution in [1.29, 1.82) is 0 Å². The lowest BCUT2D eigenvalue weighted by atomic mass is 10.0. The highest BCUT2D eigenvalue weighted by Crippen LogP contribution is 2.33. The molecule has 0 radical (unpaired) electrons. The van der Waals surface area contributed by atoms with Crippen LogP contribution in [0.1, 0.15) is 22.4 Å². The van der Waals surface area contributed by atoms with Crippen molar-refractivity contribution >= 4 is 27.6 Å². The highest BCUT2D eigenvalue weighted by atomic mass is 16.1. The minimum Gasteiger partial charge on any atom is -0.383 e. The van der Waals surface area contributed by atoms with Crippen molar-refractivity contribution in [2.24, 2.45) is 5.73 Å². The van der Waals surface area contributed by atoms with Crippen LogP contribution in [0.25, 0.3) is 38.8 Å². The molecule has 6 rings (SSSR count). The Kier molecular flexibility index (Phi) is 5.73. The molecule has 38 heavy (non-hydrogen) atoms. The van der Waals surface area contributed by atoms with Gasteiger partial charge in [-0.1, -0.05) is 60.7 Å². The molecule has 0 aliphatic rings. The van der Waals surface area contributed by atoms with Gasteiger partial charge in [0.15, 0.2) is 5.65 Å².